The molecule has 0 aliphatic rings. The number of urea groups is 1. The van der Waals surface area contributed by atoms with Crippen LogP contribution in [-0.4, -0.2) is 38.2 Å². The number of rotatable bonds is 7. The van der Waals surface area contributed by atoms with Crippen LogP contribution >= 0.6 is 22.9 Å². The first-order valence-electron chi connectivity index (χ1n) is 7.53. The molecule has 0 spiro atoms. The Kier molecular flexibility index (Phi) is 6.75. The summed E-state index contributed by atoms with van der Waals surface area (Å²) >= 11 is 7.39. The van der Waals surface area contributed by atoms with Crippen molar-refractivity contribution in [2.45, 2.75) is 13.0 Å². The summed E-state index contributed by atoms with van der Waals surface area (Å²) in [5, 5.41) is 2.94. The van der Waals surface area contributed by atoms with Crippen molar-refractivity contribution in [3.05, 3.63) is 45.6 Å². The Hall–Kier alpha value is -1.92. The molecule has 0 fully saturated rings. The molecule has 1 unspecified atom stereocenters. The molecule has 0 radical (unpaired) electrons. The molecule has 2 amide bonds. The van der Waals surface area contributed by atoms with E-state index in [9.17, 15) is 4.79 Å². The number of nitrogens with zero attached hydrogens (tertiary/aromatic N) is 1. The quantitative estimate of drug-likeness (QED) is 0.797. The van der Waals surface area contributed by atoms with Gasteiger partial charge in [-0.1, -0.05) is 11.6 Å². The fourth-order valence-electron chi connectivity index (χ4n) is 2.00. The number of amides is 2. The Morgan fingerprint density at radius 2 is 1.92 bits per heavy atom. The van der Waals surface area contributed by atoms with Gasteiger partial charge in [0.25, 0.3) is 0 Å². The normalized spacial score (nSPS) is 11.7. The number of ether oxygens (including phenoxy) is 2. The molecule has 24 heavy (non-hydrogen) atoms. The average molecular weight is 369 g/mol. The van der Waals surface area contributed by atoms with E-state index in [-0.39, 0.29) is 12.1 Å². The number of methoxy groups -OCH3 is 1. The van der Waals surface area contributed by atoms with E-state index in [1.807, 2.05) is 43.3 Å². The van der Waals surface area contributed by atoms with Gasteiger partial charge in [-0.15, -0.1) is 11.3 Å². The SMILES string of the molecule is COc1ccc(OCCN(C)C(=O)NC(C)c2ccc(Cl)s2)cc1. The van der Waals surface area contributed by atoms with Crippen LogP contribution in [0.5, 0.6) is 11.5 Å². The summed E-state index contributed by atoms with van der Waals surface area (Å²) in [5.74, 6) is 1.52. The summed E-state index contributed by atoms with van der Waals surface area (Å²) in [6, 6.07) is 10.9. The van der Waals surface area contributed by atoms with E-state index in [1.54, 1.807) is 19.1 Å². The predicted molar refractivity (Wildman–Crippen MR) is 97.4 cm³/mol. The summed E-state index contributed by atoms with van der Waals surface area (Å²) in [6.45, 7) is 2.83. The minimum Gasteiger partial charge on any atom is -0.497 e. The third-order valence-electron chi connectivity index (χ3n) is 3.46. The van der Waals surface area contributed by atoms with Crippen molar-refractivity contribution in [1.82, 2.24) is 10.2 Å². The Morgan fingerprint density at radius 1 is 1.25 bits per heavy atom. The Balaban J connectivity index is 1.74. The van der Waals surface area contributed by atoms with E-state index in [0.717, 1.165) is 16.4 Å². The van der Waals surface area contributed by atoms with Gasteiger partial charge in [-0.25, -0.2) is 4.79 Å². The zero-order chi connectivity index (χ0) is 17.5. The Morgan fingerprint density at radius 3 is 2.50 bits per heavy atom. The lowest BCUT2D eigenvalue weighted by molar-refractivity contribution is 0.192. The van der Waals surface area contributed by atoms with Gasteiger partial charge in [0, 0.05) is 11.9 Å². The topological polar surface area (TPSA) is 50.8 Å². The molecular formula is C17H21ClN2O3S. The van der Waals surface area contributed by atoms with Gasteiger partial charge in [0.05, 0.1) is 24.0 Å². The lowest BCUT2D eigenvalue weighted by Crippen LogP contribution is -2.40. The standard InChI is InChI=1S/C17H21ClN2O3S/c1-12(15-8-9-16(18)24-15)19-17(21)20(2)10-11-23-14-6-4-13(22-3)5-7-14/h4-9,12H,10-11H2,1-3H3,(H,19,21). The molecule has 0 saturated carbocycles. The second-order valence-electron chi connectivity index (χ2n) is 5.26. The molecule has 0 bridgehead atoms. The Bertz CT molecular complexity index is 660. The van der Waals surface area contributed by atoms with Crippen LogP contribution in [0.3, 0.4) is 0 Å². The lowest BCUT2D eigenvalue weighted by Gasteiger charge is -2.21. The highest BCUT2D eigenvalue weighted by atomic mass is 35.5. The maximum Gasteiger partial charge on any atom is 0.317 e. The molecule has 7 heteroatoms. The molecule has 2 aromatic rings. The highest BCUT2D eigenvalue weighted by Crippen LogP contribution is 2.26. The third-order valence-corrected chi connectivity index (χ3v) is 4.88. The molecule has 1 aromatic heterocycles. The third kappa shape index (κ3) is 5.32. The number of carbonyl (C=O) groups excluding carboxylic acids is 1. The molecular weight excluding hydrogens is 348 g/mol. The lowest BCUT2D eigenvalue weighted by atomic mass is 10.3. The van der Waals surface area contributed by atoms with Crippen molar-refractivity contribution in [2.24, 2.45) is 0 Å². The van der Waals surface area contributed by atoms with Crippen molar-refractivity contribution in [1.29, 1.82) is 0 Å². The monoisotopic (exact) mass is 368 g/mol. The molecule has 0 aliphatic heterocycles. The Labute approximate surface area is 151 Å². The van der Waals surface area contributed by atoms with Crippen LogP contribution in [0.1, 0.15) is 17.8 Å². The summed E-state index contributed by atoms with van der Waals surface area (Å²) in [4.78, 5) is 14.8. The van der Waals surface area contributed by atoms with Crippen molar-refractivity contribution in [3.8, 4) is 11.5 Å². The maximum absolute atomic E-state index is 12.2. The molecule has 2 rings (SSSR count). The van der Waals surface area contributed by atoms with Gasteiger partial charge in [-0.3, -0.25) is 0 Å². The van der Waals surface area contributed by atoms with Gasteiger partial charge < -0.3 is 19.7 Å². The van der Waals surface area contributed by atoms with E-state index in [4.69, 9.17) is 21.1 Å². The van der Waals surface area contributed by atoms with Crippen LogP contribution in [0.25, 0.3) is 0 Å². The van der Waals surface area contributed by atoms with Gasteiger partial charge >= 0.3 is 6.03 Å². The summed E-state index contributed by atoms with van der Waals surface area (Å²) in [5.41, 5.74) is 0. The zero-order valence-electron chi connectivity index (χ0n) is 13.9. The van der Waals surface area contributed by atoms with E-state index in [1.165, 1.54) is 11.3 Å². The van der Waals surface area contributed by atoms with Crippen molar-refractivity contribution >= 4 is 29.0 Å². The number of hydrogen-bond donors (Lipinski definition) is 1. The van der Waals surface area contributed by atoms with E-state index >= 15 is 0 Å². The average Bonchev–Trinajstić information content (AvgIpc) is 3.02. The van der Waals surface area contributed by atoms with Crippen LogP contribution in [0.2, 0.25) is 4.34 Å². The van der Waals surface area contributed by atoms with Crippen LogP contribution in [0.4, 0.5) is 4.79 Å². The van der Waals surface area contributed by atoms with Crippen LogP contribution in [-0.2, 0) is 0 Å². The van der Waals surface area contributed by atoms with Crippen LogP contribution < -0.4 is 14.8 Å². The molecule has 5 nitrogen and oxygen atoms in total. The second-order valence-corrected chi connectivity index (χ2v) is 7.01. The number of benzene rings is 1. The van der Waals surface area contributed by atoms with Crippen LogP contribution in [0.15, 0.2) is 36.4 Å². The number of carbonyl (C=O) groups is 1. The molecule has 130 valence electrons. The molecule has 1 heterocycles. The molecule has 1 atom stereocenters. The van der Waals surface area contributed by atoms with Gasteiger partial charge in [0.15, 0.2) is 0 Å². The van der Waals surface area contributed by atoms with Crippen molar-refractivity contribution in [3.63, 3.8) is 0 Å². The molecule has 1 N–H and O–H groups in total. The molecule has 1 aromatic carbocycles. The first kappa shape index (κ1) is 18.4. The largest absolute Gasteiger partial charge is 0.497 e. The zero-order valence-corrected chi connectivity index (χ0v) is 15.5. The number of likely N-dealkylation sites (N-methyl/N-ethyl adjacent to an activating group) is 1. The summed E-state index contributed by atoms with van der Waals surface area (Å²) in [7, 11) is 3.36. The number of halogens is 1. The van der Waals surface area contributed by atoms with Gasteiger partial charge in [0.1, 0.15) is 18.1 Å². The highest BCUT2D eigenvalue weighted by Gasteiger charge is 2.14. The number of thiophene rings is 1. The van der Waals surface area contributed by atoms with Gasteiger partial charge in [-0.05, 0) is 43.3 Å². The first-order valence-corrected chi connectivity index (χ1v) is 8.72. The number of hydrogen-bond acceptors (Lipinski definition) is 4. The van der Waals surface area contributed by atoms with E-state index in [0.29, 0.717) is 17.5 Å². The van der Waals surface area contributed by atoms with Crippen molar-refractivity contribution in [2.75, 3.05) is 27.3 Å². The molecule has 0 saturated heterocycles. The fraction of sp³-hybridized carbons (Fsp3) is 0.353. The first-order chi connectivity index (χ1) is 11.5. The highest BCUT2D eigenvalue weighted by molar-refractivity contribution is 7.16. The van der Waals surface area contributed by atoms with Crippen molar-refractivity contribution < 1.29 is 14.3 Å². The minimum atomic E-state index is -0.148. The maximum atomic E-state index is 12.2. The second kappa shape index (κ2) is 8.80. The molecule has 0 aliphatic carbocycles. The smallest absolute Gasteiger partial charge is 0.317 e. The predicted octanol–water partition coefficient (Wildman–Crippen LogP) is 4.19. The van der Waals surface area contributed by atoms with Crippen LogP contribution in [0, 0.1) is 0 Å². The van der Waals surface area contributed by atoms with E-state index < -0.39 is 0 Å². The fourth-order valence-corrected chi connectivity index (χ4v) is 3.06. The number of nitrogens with one attached hydrogen (secondary N) is 1. The van der Waals surface area contributed by atoms with Gasteiger partial charge in [0.2, 0.25) is 0 Å². The minimum absolute atomic E-state index is 0.0834. The van der Waals surface area contributed by atoms with Gasteiger partial charge in [-0.2, -0.15) is 0 Å². The summed E-state index contributed by atoms with van der Waals surface area (Å²) < 4.78 is 11.4. The summed E-state index contributed by atoms with van der Waals surface area (Å²) in [6.07, 6.45) is 0. The van der Waals surface area contributed by atoms with E-state index in [2.05, 4.69) is 5.32 Å².